The second kappa shape index (κ2) is 10.8. The number of carbonyl (C=O) groups excluding carboxylic acids is 1. The molecule has 38 heavy (non-hydrogen) atoms. The van der Waals surface area contributed by atoms with Crippen LogP contribution in [0.4, 0.5) is 0 Å². The largest absolute Gasteiger partial charge is 0.496 e. The zero-order chi connectivity index (χ0) is 28.1. The number of aliphatic hydroxyl groups is 1. The van der Waals surface area contributed by atoms with Crippen molar-refractivity contribution in [2.45, 2.75) is 64.1 Å². The fourth-order valence-corrected chi connectivity index (χ4v) is 7.90. The lowest BCUT2D eigenvalue weighted by Crippen LogP contribution is -2.63. The Morgan fingerprint density at radius 1 is 1.32 bits per heavy atom. The maximum atomic E-state index is 12.7. The summed E-state index contributed by atoms with van der Waals surface area (Å²) in [6.07, 6.45) is -0.281. The number of fused-ring (bicyclic) bond motifs is 1. The third-order valence-corrected chi connectivity index (χ3v) is 9.95. The van der Waals surface area contributed by atoms with Gasteiger partial charge in [0.1, 0.15) is 11.4 Å². The molecule has 3 aliphatic heterocycles. The van der Waals surface area contributed by atoms with Gasteiger partial charge in [0.15, 0.2) is 0 Å². The summed E-state index contributed by atoms with van der Waals surface area (Å²) in [6, 6.07) is 3.48. The maximum Gasteiger partial charge on any atom is 0.353 e. The summed E-state index contributed by atoms with van der Waals surface area (Å²) in [5.74, 6) is -1.65. The number of carboxylic acids is 1. The molecule has 4 rings (SSSR count). The Hall–Kier alpha value is -2.16. The van der Waals surface area contributed by atoms with E-state index in [9.17, 15) is 28.2 Å². The molecule has 2 fully saturated rings. The molecule has 3 heterocycles. The molecule has 1 amide bonds. The molecule has 0 spiro atoms. The van der Waals surface area contributed by atoms with Crippen LogP contribution in [0.2, 0.25) is 0 Å². The first kappa shape index (κ1) is 28.8. The Morgan fingerprint density at radius 2 is 1.97 bits per heavy atom. The van der Waals surface area contributed by atoms with Crippen LogP contribution in [0, 0.1) is 25.7 Å². The van der Waals surface area contributed by atoms with E-state index < -0.39 is 28.2 Å². The van der Waals surface area contributed by atoms with Crippen LogP contribution < -0.4 is 14.6 Å². The molecule has 0 bridgehead atoms. The van der Waals surface area contributed by atoms with Crippen LogP contribution in [0.15, 0.2) is 22.7 Å². The van der Waals surface area contributed by atoms with E-state index in [1.165, 1.54) is 16.7 Å². The molecule has 3 aliphatic rings. The van der Waals surface area contributed by atoms with Crippen LogP contribution in [0.1, 0.15) is 37.0 Å². The molecule has 2 saturated heterocycles. The number of ether oxygens (including phenoxy) is 1. The molecule has 0 aromatic heterocycles. The highest BCUT2D eigenvalue weighted by Crippen LogP contribution is 2.52. The normalized spacial score (nSPS) is 28.4. The molecule has 11 nitrogen and oxygen atoms in total. The van der Waals surface area contributed by atoms with E-state index in [2.05, 4.69) is 15.7 Å². The Bertz CT molecular complexity index is 1270. The minimum atomic E-state index is -3.89. The molecular formula is C25H36N4O7S2. The number of aryl methyl sites for hydroxylation is 2. The van der Waals surface area contributed by atoms with Crippen LogP contribution in [0.25, 0.3) is 0 Å². The van der Waals surface area contributed by atoms with Gasteiger partial charge in [-0.25, -0.2) is 14.7 Å². The van der Waals surface area contributed by atoms with Gasteiger partial charge in [-0.3, -0.25) is 9.69 Å². The summed E-state index contributed by atoms with van der Waals surface area (Å²) in [5, 5.41) is 25.2. The number of nitrogens with zero attached hydrogens (tertiary/aromatic N) is 2. The summed E-state index contributed by atoms with van der Waals surface area (Å²) < 4.78 is 31.3. The van der Waals surface area contributed by atoms with Gasteiger partial charge >= 0.3 is 5.97 Å². The molecule has 0 saturated carbocycles. The highest BCUT2D eigenvalue weighted by atomic mass is 32.2. The summed E-state index contributed by atoms with van der Waals surface area (Å²) in [7, 11) is -2.28. The van der Waals surface area contributed by atoms with E-state index in [1.54, 1.807) is 14.0 Å². The lowest BCUT2D eigenvalue weighted by Gasteiger charge is -2.46. The molecule has 5 N–H and O–H groups in total. The predicted octanol–water partition coefficient (Wildman–Crippen LogP) is 0.935. The Balaban J connectivity index is 1.59. The molecule has 13 heteroatoms. The Morgan fingerprint density at radius 3 is 2.55 bits per heavy atom. The number of carbonyl (C=O) groups is 2. The van der Waals surface area contributed by atoms with E-state index >= 15 is 0 Å². The topological polar surface area (TPSA) is 162 Å². The number of carboxylic acid groups (broad SMARTS) is 1. The standard InChI is InChI=1S/C25H36N4O7S2/c1-12-6-16(19(36-5)7-13(12)2)10-28-11-18(8-17(28)9-27-38(26,34)35)37-23-14(3)21-20(15(4)30)24(31)29(21)22(23)25(32)33/h6-7,14-15,17-18,20-21,27,30H,8-11H2,1-5H3,(H,32,33)(H2,26,34,35)/t14-,15-,17+,18+,20-,21-/m1/s1. The van der Waals surface area contributed by atoms with Crippen molar-refractivity contribution >= 4 is 33.8 Å². The smallest absolute Gasteiger partial charge is 0.353 e. The molecule has 0 radical (unpaired) electrons. The van der Waals surface area contributed by atoms with Gasteiger partial charge in [-0.15, -0.1) is 11.8 Å². The number of amides is 1. The number of thioether (sulfide) groups is 1. The Kier molecular flexibility index (Phi) is 8.18. The van der Waals surface area contributed by atoms with Crippen molar-refractivity contribution < 1.29 is 33.0 Å². The summed E-state index contributed by atoms with van der Waals surface area (Å²) in [5.41, 5.74) is 3.17. The third-order valence-electron chi connectivity index (χ3n) is 7.88. The third kappa shape index (κ3) is 5.45. The lowest BCUT2D eigenvalue weighted by molar-refractivity contribution is -0.163. The lowest BCUT2D eigenvalue weighted by atomic mass is 9.79. The van der Waals surface area contributed by atoms with Gasteiger partial charge in [0.05, 0.1) is 25.2 Å². The number of likely N-dealkylation sites (tertiary alicyclic amines) is 1. The number of hydrogen-bond acceptors (Lipinski definition) is 8. The van der Waals surface area contributed by atoms with Gasteiger partial charge in [0.2, 0.25) is 5.91 Å². The van der Waals surface area contributed by atoms with Crippen LogP contribution in [0.5, 0.6) is 5.75 Å². The molecule has 1 aromatic carbocycles. The average molecular weight is 569 g/mol. The van der Waals surface area contributed by atoms with Crippen molar-refractivity contribution in [2.75, 3.05) is 20.2 Å². The predicted molar refractivity (Wildman–Crippen MR) is 143 cm³/mol. The monoisotopic (exact) mass is 568 g/mol. The van der Waals surface area contributed by atoms with E-state index in [0.29, 0.717) is 24.4 Å². The second-order valence-electron chi connectivity index (χ2n) is 10.5. The van der Waals surface area contributed by atoms with Crippen LogP contribution >= 0.6 is 11.8 Å². The molecule has 0 aliphatic carbocycles. The number of methoxy groups -OCH3 is 1. The molecular weight excluding hydrogens is 532 g/mol. The minimum Gasteiger partial charge on any atom is -0.496 e. The van der Waals surface area contributed by atoms with E-state index in [4.69, 9.17) is 9.88 Å². The van der Waals surface area contributed by atoms with Gasteiger partial charge < -0.3 is 19.8 Å². The van der Waals surface area contributed by atoms with E-state index in [0.717, 1.165) is 22.4 Å². The summed E-state index contributed by atoms with van der Waals surface area (Å²) in [6.45, 7) is 8.67. The maximum absolute atomic E-state index is 12.7. The van der Waals surface area contributed by atoms with Crippen molar-refractivity contribution in [1.29, 1.82) is 0 Å². The van der Waals surface area contributed by atoms with Gasteiger partial charge in [-0.05, 0) is 44.4 Å². The number of hydrogen-bond donors (Lipinski definition) is 4. The first-order valence-electron chi connectivity index (χ1n) is 12.5. The van der Waals surface area contributed by atoms with Gasteiger partial charge in [0, 0.05) is 47.3 Å². The SMILES string of the molecule is COc1cc(C)c(C)cc1CN1C[C@@H](SC2=C(C(=O)O)N3C(=O)[C@H]([C@@H](C)O)[C@H]3[C@H]2C)C[C@H]1CNS(N)(=O)=O. The number of nitrogens with one attached hydrogen (secondary N) is 1. The summed E-state index contributed by atoms with van der Waals surface area (Å²) >= 11 is 1.43. The number of benzene rings is 1. The number of aliphatic carboxylic acids is 1. The van der Waals surface area contributed by atoms with Gasteiger partial charge in [0.25, 0.3) is 10.2 Å². The first-order valence-corrected chi connectivity index (χ1v) is 15.0. The molecule has 1 aromatic rings. The quantitative estimate of drug-likeness (QED) is 0.301. The number of nitrogens with two attached hydrogens (primary N) is 1. The van der Waals surface area contributed by atoms with E-state index in [1.807, 2.05) is 26.8 Å². The van der Waals surface area contributed by atoms with Crippen LogP contribution in [-0.2, 0) is 26.3 Å². The highest BCUT2D eigenvalue weighted by Gasteiger charge is 2.60. The van der Waals surface area contributed by atoms with Gasteiger partial charge in [-0.1, -0.05) is 13.0 Å². The average Bonchev–Trinajstić information content (AvgIpc) is 3.30. The van der Waals surface area contributed by atoms with Crippen molar-refractivity contribution in [3.05, 3.63) is 39.4 Å². The highest BCUT2D eigenvalue weighted by molar-refractivity contribution is 8.03. The van der Waals surface area contributed by atoms with E-state index in [-0.39, 0.29) is 41.4 Å². The Labute approximate surface area is 227 Å². The fourth-order valence-electron chi connectivity index (χ4n) is 5.88. The summed E-state index contributed by atoms with van der Waals surface area (Å²) in [4.78, 5) is 29.0. The zero-order valence-corrected chi connectivity index (χ0v) is 23.8. The van der Waals surface area contributed by atoms with Crippen molar-refractivity contribution in [3.63, 3.8) is 0 Å². The van der Waals surface area contributed by atoms with Gasteiger partial charge in [-0.2, -0.15) is 8.42 Å². The van der Waals surface area contributed by atoms with Crippen LogP contribution in [-0.4, -0.2) is 83.9 Å². The number of β-lactam (4-membered cyclic amide) rings is 1. The molecule has 210 valence electrons. The van der Waals surface area contributed by atoms with Crippen molar-refractivity contribution in [3.8, 4) is 5.75 Å². The zero-order valence-electron chi connectivity index (χ0n) is 22.2. The molecule has 0 unspecified atom stereocenters. The number of rotatable bonds is 10. The van der Waals surface area contributed by atoms with Crippen molar-refractivity contribution in [2.24, 2.45) is 17.0 Å². The minimum absolute atomic E-state index is 0.0112. The second-order valence-corrected chi connectivity index (χ2v) is 13.2. The fraction of sp³-hybridized carbons (Fsp3) is 0.600. The molecule has 6 atom stereocenters. The first-order chi connectivity index (χ1) is 17.7. The van der Waals surface area contributed by atoms with Crippen LogP contribution in [0.3, 0.4) is 0 Å². The van der Waals surface area contributed by atoms with Crippen molar-refractivity contribution in [1.82, 2.24) is 14.5 Å². The number of aliphatic hydroxyl groups excluding tert-OH is 1.